The number of aromatic nitrogens is 2. The molecule has 2 rings (SSSR count). The van der Waals surface area contributed by atoms with Crippen molar-refractivity contribution >= 4 is 35.1 Å². The van der Waals surface area contributed by atoms with E-state index < -0.39 is 0 Å². The van der Waals surface area contributed by atoms with Crippen LogP contribution in [0.3, 0.4) is 0 Å². The van der Waals surface area contributed by atoms with E-state index in [9.17, 15) is 4.79 Å². The normalized spacial score (nSPS) is 15.2. The van der Waals surface area contributed by atoms with Crippen LogP contribution in [0.2, 0.25) is 5.15 Å². The summed E-state index contributed by atoms with van der Waals surface area (Å²) in [7, 11) is 0. The van der Waals surface area contributed by atoms with Crippen molar-refractivity contribution in [2.24, 2.45) is 0 Å². The Labute approximate surface area is 90.2 Å². The quantitative estimate of drug-likeness (QED) is 0.809. The average molecular weight is 233 g/mol. The summed E-state index contributed by atoms with van der Waals surface area (Å²) in [6.45, 7) is 0.196. The van der Waals surface area contributed by atoms with Crippen molar-refractivity contribution < 1.29 is 4.79 Å². The number of nitrogens with one attached hydrogen (secondary N) is 2. The van der Waals surface area contributed by atoms with E-state index in [1.807, 2.05) is 0 Å². The van der Waals surface area contributed by atoms with Gasteiger partial charge >= 0.3 is 0 Å². The van der Waals surface area contributed by atoms with Gasteiger partial charge in [0.1, 0.15) is 0 Å². The summed E-state index contributed by atoms with van der Waals surface area (Å²) in [5.41, 5.74) is 0. The second-order valence-corrected chi connectivity index (χ2v) is 3.99. The zero-order chi connectivity index (χ0) is 9.97. The molecule has 0 bridgehead atoms. The van der Waals surface area contributed by atoms with Gasteiger partial charge in [-0.25, -0.2) is 0 Å². The third kappa shape index (κ3) is 2.55. The van der Waals surface area contributed by atoms with Crippen molar-refractivity contribution in [3.63, 3.8) is 0 Å². The fourth-order valence-electron chi connectivity index (χ4n) is 0.954. The molecule has 0 aliphatic heterocycles. The third-order valence-electron chi connectivity index (χ3n) is 1.81. The molecule has 1 aromatic heterocycles. The van der Waals surface area contributed by atoms with Crippen molar-refractivity contribution in [3.05, 3.63) is 5.15 Å². The Morgan fingerprint density at radius 1 is 1.57 bits per heavy atom. The van der Waals surface area contributed by atoms with E-state index in [4.69, 9.17) is 11.6 Å². The fraction of sp³-hybridized carbons (Fsp3) is 0.571. The van der Waals surface area contributed by atoms with Crippen molar-refractivity contribution in [1.82, 2.24) is 14.1 Å². The lowest BCUT2D eigenvalue weighted by atomic mass is 10.5. The van der Waals surface area contributed by atoms with Crippen LogP contribution < -0.4 is 10.6 Å². The highest BCUT2D eigenvalue weighted by Gasteiger charge is 2.23. The molecule has 76 valence electrons. The van der Waals surface area contributed by atoms with E-state index in [0.29, 0.717) is 17.0 Å². The third-order valence-corrected chi connectivity index (χ3v) is 2.70. The maximum Gasteiger partial charge on any atom is 0.239 e. The topological polar surface area (TPSA) is 66.9 Å². The van der Waals surface area contributed by atoms with Crippen molar-refractivity contribution in [2.75, 3.05) is 11.9 Å². The van der Waals surface area contributed by atoms with E-state index in [1.165, 1.54) is 0 Å². The van der Waals surface area contributed by atoms with Crippen LogP contribution in [0.5, 0.6) is 0 Å². The summed E-state index contributed by atoms with van der Waals surface area (Å²) in [6, 6.07) is 0.383. The van der Waals surface area contributed by atoms with Crippen LogP contribution in [0.15, 0.2) is 0 Å². The lowest BCUT2D eigenvalue weighted by Crippen LogP contribution is -2.31. The van der Waals surface area contributed by atoms with Gasteiger partial charge < -0.3 is 10.6 Å². The Bertz CT molecular complexity index is 338. The number of rotatable bonds is 4. The number of carbonyl (C=O) groups excluding carboxylic acids is 1. The molecule has 1 aromatic rings. The first-order chi connectivity index (χ1) is 6.75. The summed E-state index contributed by atoms with van der Waals surface area (Å²) < 4.78 is 7.66. The summed E-state index contributed by atoms with van der Waals surface area (Å²) in [4.78, 5) is 11.2. The molecule has 0 aromatic carbocycles. The van der Waals surface area contributed by atoms with Crippen molar-refractivity contribution in [3.8, 4) is 0 Å². The summed E-state index contributed by atoms with van der Waals surface area (Å²) in [6.07, 6.45) is 2.18. The molecule has 14 heavy (non-hydrogen) atoms. The maximum absolute atomic E-state index is 11.2. The predicted molar refractivity (Wildman–Crippen MR) is 54.6 cm³/mol. The van der Waals surface area contributed by atoms with Crippen LogP contribution in [0.4, 0.5) is 5.82 Å². The Hall–Kier alpha value is -0.880. The number of hydrogen-bond donors (Lipinski definition) is 2. The predicted octanol–water partition coefficient (Wildman–Crippen LogP) is 0.882. The summed E-state index contributed by atoms with van der Waals surface area (Å²) in [5.74, 6) is 0.444. The first kappa shape index (κ1) is 9.67. The molecule has 1 aliphatic carbocycles. The standard InChI is InChI=1S/C7H9ClN4OS/c8-6-7(12-14-11-6)9-3-5(13)10-4-1-2-4/h4H,1-3H2,(H,9,12)(H,10,13). The first-order valence-corrected chi connectivity index (χ1v) is 5.38. The molecule has 0 unspecified atom stereocenters. The molecule has 5 nitrogen and oxygen atoms in total. The molecule has 7 heteroatoms. The Morgan fingerprint density at radius 3 is 2.93 bits per heavy atom. The van der Waals surface area contributed by atoms with Gasteiger partial charge in [-0.1, -0.05) is 11.6 Å². The zero-order valence-electron chi connectivity index (χ0n) is 7.29. The molecule has 0 radical (unpaired) electrons. The van der Waals surface area contributed by atoms with Crippen LogP contribution in [0, 0.1) is 0 Å². The highest BCUT2D eigenvalue weighted by atomic mass is 35.5. The van der Waals surface area contributed by atoms with Gasteiger partial charge in [-0.2, -0.15) is 8.75 Å². The van der Waals surface area contributed by atoms with E-state index in [-0.39, 0.29) is 12.5 Å². The minimum atomic E-state index is -0.0310. The second-order valence-electron chi connectivity index (χ2n) is 3.10. The van der Waals surface area contributed by atoms with Gasteiger partial charge in [-0.3, -0.25) is 4.79 Å². The van der Waals surface area contributed by atoms with Crippen LogP contribution in [0.1, 0.15) is 12.8 Å². The van der Waals surface area contributed by atoms with Gasteiger partial charge in [0.25, 0.3) is 0 Å². The molecule has 0 spiro atoms. The second kappa shape index (κ2) is 4.10. The summed E-state index contributed by atoms with van der Waals surface area (Å²) >= 11 is 6.70. The average Bonchev–Trinajstić information content (AvgIpc) is 2.86. The van der Waals surface area contributed by atoms with Crippen molar-refractivity contribution in [1.29, 1.82) is 0 Å². The Balaban J connectivity index is 1.76. The smallest absolute Gasteiger partial charge is 0.239 e. The van der Waals surface area contributed by atoms with E-state index >= 15 is 0 Å². The largest absolute Gasteiger partial charge is 0.358 e. The fourth-order valence-corrected chi connectivity index (χ4v) is 1.64. The van der Waals surface area contributed by atoms with Crippen molar-refractivity contribution in [2.45, 2.75) is 18.9 Å². The minimum absolute atomic E-state index is 0.0310. The van der Waals surface area contributed by atoms with E-state index in [2.05, 4.69) is 19.4 Å². The molecule has 0 atom stereocenters. The van der Waals surface area contributed by atoms with Gasteiger partial charge in [0, 0.05) is 6.04 Å². The van der Waals surface area contributed by atoms with E-state index in [1.54, 1.807) is 0 Å². The monoisotopic (exact) mass is 232 g/mol. The van der Waals surface area contributed by atoms with Gasteiger partial charge in [-0.05, 0) is 12.8 Å². The number of nitrogens with zero attached hydrogens (tertiary/aromatic N) is 2. The molecule has 0 saturated heterocycles. The minimum Gasteiger partial charge on any atom is -0.358 e. The highest BCUT2D eigenvalue weighted by Crippen LogP contribution is 2.19. The molecule has 1 fully saturated rings. The van der Waals surface area contributed by atoms with Gasteiger partial charge in [0.15, 0.2) is 11.0 Å². The molecule has 1 amide bonds. The number of hydrogen-bond acceptors (Lipinski definition) is 5. The number of anilines is 1. The molecule has 2 N–H and O–H groups in total. The molecular formula is C7H9ClN4OS. The van der Waals surface area contributed by atoms with Crippen LogP contribution in [-0.2, 0) is 4.79 Å². The number of halogens is 1. The number of carbonyl (C=O) groups is 1. The van der Waals surface area contributed by atoms with Gasteiger partial charge in [-0.15, -0.1) is 0 Å². The SMILES string of the molecule is O=C(CNc1nsnc1Cl)NC1CC1. The maximum atomic E-state index is 11.2. The van der Waals surface area contributed by atoms with Crippen LogP contribution in [-0.4, -0.2) is 27.2 Å². The molecular weight excluding hydrogens is 224 g/mol. The lowest BCUT2D eigenvalue weighted by Gasteiger charge is -2.03. The first-order valence-electron chi connectivity index (χ1n) is 4.27. The lowest BCUT2D eigenvalue weighted by molar-refractivity contribution is -0.119. The Morgan fingerprint density at radius 2 is 2.36 bits per heavy atom. The van der Waals surface area contributed by atoms with Crippen LogP contribution >= 0.6 is 23.3 Å². The summed E-state index contributed by atoms with van der Waals surface area (Å²) in [5, 5.41) is 5.98. The number of amides is 1. The molecule has 1 heterocycles. The van der Waals surface area contributed by atoms with Crippen LogP contribution in [0.25, 0.3) is 0 Å². The highest BCUT2D eigenvalue weighted by molar-refractivity contribution is 6.99. The molecule has 1 aliphatic rings. The Kier molecular flexibility index (Phi) is 2.83. The van der Waals surface area contributed by atoms with E-state index in [0.717, 1.165) is 24.6 Å². The van der Waals surface area contributed by atoms with Gasteiger partial charge in [0.05, 0.1) is 18.3 Å². The zero-order valence-corrected chi connectivity index (χ0v) is 8.86. The molecule has 1 saturated carbocycles. The van der Waals surface area contributed by atoms with Gasteiger partial charge in [0.2, 0.25) is 5.91 Å².